The van der Waals surface area contributed by atoms with E-state index in [0.29, 0.717) is 5.69 Å². The Hall–Kier alpha value is -2.64. The number of amidine groups is 1. The van der Waals surface area contributed by atoms with Crippen molar-refractivity contribution in [1.29, 1.82) is 0 Å². The van der Waals surface area contributed by atoms with E-state index < -0.39 is 11.6 Å². The van der Waals surface area contributed by atoms with Gasteiger partial charge in [-0.15, -0.1) is 0 Å². The van der Waals surface area contributed by atoms with Gasteiger partial charge in [-0.3, -0.25) is 0 Å². The molecular weight excluding hydrogens is 270 g/mol. The number of aromatic nitrogens is 2. The lowest BCUT2D eigenvalue weighted by molar-refractivity contribution is 0.318. The molecule has 0 aliphatic rings. The van der Waals surface area contributed by atoms with Gasteiger partial charge in [-0.05, 0) is 19.1 Å². The number of aryl methyl sites for hydroxylation is 2. The minimum Gasteiger partial charge on any atom is -0.435 e. The summed E-state index contributed by atoms with van der Waals surface area (Å²) in [6.45, 7) is 1.61. The van der Waals surface area contributed by atoms with Crippen LogP contribution in [0.2, 0.25) is 0 Å². The standard InChI is InChI=1S/C12H12F2N4O2/c1-6-10(11(15)17-19)12(18(2)16-6)20-9-5-7(13)3-4-8(9)14/h3-5,19H,1-2H3,(H2,15,17). The molecule has 2 aromatic rings. The lowest BCUT2D eigenvalue weighted by Crippen LogP contribution is -2.15. The van der Waals surface area contributed by atoms with Crippen LogP contribution in [-0.2, 0) is 7.05 Å². The minimum absolute atomic E-state index is 0.0438. The summed E-state index contributed by atoms with van der Waals surface area (Å²) in [5, 5.41) is 15.6. The van der Waals surface area contributed by atoms with E-state index in [-0.39, 0.29) is 23.0 Å². The Morgan fingerprint density at radius 2 is 2.15 bits per heavy atom. The molecule has 3 N–H and O–H groups in total. The van der Waals surface area contributed by atoms with Gasteiger partial charge in [0.05, 0.1) is 5.69 Å². The van der Waals surface area contributed by atoms with Crippen LogP contribution in [0.1, 0.15) is 11.3 Å². The van der Waals surface area contributed by atoms with Gasteiger partial charge in [0.2, 0.25) is 5.88 Å². The number of nitrogens with two attached hydrogens (primary N) is 1. The second-order valence-electron chi connectivity index (χ2n) is 4.05. The third kappa shape index (κ3) is 2.40. The molecule has 0 saturated heterocycles. The Bertz CT molecular complexity index is 682. The largest absolute Gasteiger partial charge is 0.435 e. The zero-order valence-corrected chi connectivity index (χ0v) is 10.8. The van der Waals surface area contributed by atoms with Gasteiger partial charge < -0.3 is 15.7 Å². The van der Waals surface area contributed by atoms with Gasteiger partial charge in [0.1, 0.15) is 11.4 Å². The second-order valence-corrected chi connectivity index (χ2v) is 4.05. The summed E-state index contributed by atoms with van der Waals surface area (Å²) in [4.78, 5) is 0. The van der Waals surface area contributed by atoms with Gasteiger partial charge >= 0.3 is 0 Å². The maximum absolute atomic E-state index is 13.6. The lowest BCUT2D eigenvalue weighted by Gasteiger charge is -2.09. The molecule has 0 atom stereocenters. The fourth-order valence-electron chi connectivity index (χ4n) is 1.76. The first kappa shape index (κ1) is 13.8. The number of hydrogen-bond donors (Lipinski definition) is 2. The van der Waals surface area contributed by atoms with Crippen LogP contribution in [0.15, 0.2) is 23.4 Å². The molecule has 0 aliphatic carbocycles. The average molecular weight is 282 g/mol. The summed E-state index contributed by atoms with van der Waals surface area (Å²) < 4.78 is 33.3. The van der Waals surface area contributed by atoms with Crippen molar-refractivity contribution in [1.82, 2.24) is 9.78 Å². The predicted octanol–water partition coefficient (Wildman–Crippen LogP) is 1.89. The quantitative estimate of drug-likeness (QED) is 0.389. The van der Waals surface area contributed by atoms with Crippen LogP contribution in [0.3, 0.4) is 0 Å². The van der Waals surface area contributed by atoms with Gasteiger partial charge in [0.25, 0.3) is 0 Å². The van der Waals surface area contributed by atoms with Crippen molar-refractivity contribution in [2.45, 2.75) is 6.92 Å². The van der Waals surface area contributed by atoms with Crippen LogP contribution in [0.25, 0.3) is 0 Å². The molecule has 2 rings (SSSR count). The maximum atomic E-state index is 13.6. The van der Waals surface area contributed by atoms with Crippen LogP contribution >= 0.6 is 0 Å². The normalized spacial score (nSPS) is 11.7. The Morgan fingerprint density at radius 3 is 2.80 bits per heavy atom. The van der Waals surface area contributed by atoms with E-state index in [2.05, 4.69) is 10.3 Å². The fourth-order valence-corrected chi connectivity index (χ4v) is 1.76. The topological polar surface area (TPSA) is 85.7 Å². The van der Waals surface area contributed by atoms with E-state index in [1.165, 1.54) is 11.7 Å². The first-order valence-electron chi connectivity index (χ1n) is 5.58. The van der Waals surface area contributed by atoms with E-state index in [0.717, 1.165) is 18.2 Å². The molecule has 1 aromatic carbocycles. The smallest absolute Gasteiger partial charge is 0.229 e. The van der Waals surface area contributed by atoms with E-state index in [9.17, 15) is 8.78 Å². The molecule has 0 saturated carbocycles. The molecule has 6 nitrogen and oxygen atoms in total. The fraction of sp³-hybridized carbons (Fsp3) is 0.167. The summed E-state index contributed by atoms with van der Waals surface area (Å²) in [6, 6.07) is 2.81. The molecule has 0 fully saturated rings. The Balaban J connectivity index is 2.51. The molecule has 8 heteroatoms. The Kier molecular flexibility index (Phi) is 3.55. The van der Waals surface area contributed by atoms with Crippen molar-refractivity contribution >= 4 is 5.84 Å². The molecule has 106 valence electrons. The van der Waals surface area contributed by atoms with E-state index in [1.807, 2.05) is 0 Å². The number of benzene rings is 1. The highest BCUT2D eigenvalue weighted by Gasteiger charge is 2.20. The van der Waals surface area contributed by atoms with Crippen molar-refractivity contribution < 1.29 is 18.7 Å². The third-order valence-electron chi connectivity index (χ3n) is 2.63. The monoisotopic (exact) mass is 282 g/mol. The molecule has 0 bridgehead atoms. The van der Waals surface area contributed by atoms with E-state index in [1.54, 1.807) is 6.92 Å². The Morgan fingerprint density at radius 1 is 1.45 bits per heavy atom. The average Bonchev–Trinajstić information content (AvgIpc) is 2.68. The molecule has 1 heterocycles. The van der Waals surface area contributed by atoms with Gasteiger partial charge in [-0.25, -0.2) is 13.5 Å². The van der Waals surface area contributed by atoms with Crippen molar-refractivity contribution in [3.63, 3.8) is 0 Å². The number of halogens is 2. The summed E-state index contributed by atoms with van der Waals surface area (Å²) in [5.74, 6) is -1.90. The number of nitrogens with zero attached hydrogens (tertiary/aromatic N) is 3. The SMILES string of the molecule is Cc1nn(C)c(Oc2cc(F)ccc2F)c1C(N)=NO. The number of rotatable bonds is 3. The molecule has 0 aliphatic heterocycles. The molecule has 20 heavy (non-hydrogen) atoms. The van der Waals surface area contributed by atoms with Gasteiger partial charge in [-0.2, -0.15) is 5.10 Å². The summed E-state index contributed by atoms with van der Waals surface area (Å²) in [6.07, 6.45) is 0. The van der Waals surface area contributed by atoms with Crippen molar-refractivity contribution in [2.75, 3.05) is 0 Å². The van der Waals surface area contributed by atoms with Crippen LogP contribution in [-0.4, -0.2) is 20.8 Å². The van der Waals surface area contributed by atoms with Crippen molar-refractivity contribution in [2.24, 2.45) is 17.9 Å². The summed E-state index contributed by atoms with van der Waals surface area (Å²) >= 11 is 0. The number of hydrogen-bond acceptors (Lipinski definition) is 4. The molecular formula is C12H12F2N4O2. The van der Waals surface area contributed by atoms with Gasteiger partial charge in [0, 0.05) is 13.1 Å². The molecule has 0 unspecified atom stereocenters. The Labute approximate surface area is 113 Å². The maximum Gasteiger partial charge on any atom is 0.229 e. The molecule has 0 amide bonds. The van der Waals surface area contributed by atoms with Gasteiger partial charge in [0.15, 0.2) is 17.4 Å². The highest BCUT2D eigenvalue weighted by Crippen LogP contribution is 2.29. The van der Waals surface area contributed by atoms with Crippen molar-refractivity contribution in [3.05, 3.63) is 41.1 Å². The number of oxime groups is 1. The van der Waals surface area contributed by atoms with Crippen molar-refractivity contribution in [3.8, 4) is 11.6 Å². The van der Waals surface area contributed by atoms with Crippen LogP contribution < -0.4 is 10.5 Å². The molecule has 0 radical (unpaired) electrons. The van der Waals surface area contributed by atoms with Gasteiger partial charge in [-0.1, -0.05) is 5.16 Å². The van der Waals surface area contributed by atoms with Crippen LogP contribution in [0.5, 0.6) is 11.6 Å². The highest BCUT2D eigenvalue weighted by molar-refractivity contribution is 6.00. The zero-order valence-electron chi connectivity index (χ0n) is 10.8. The summed E-state index contributed by atoms with van der Waals surface area (Å²) in [7, 11) is 1.54. The van der Waals surface area contributed by atoms with E-state index in [4.69, 9.17) is 15.7 Å². The van der Waals surface area contributed by atoms with Crippen LogP contribution in [0, 0.1) is 18.6 Å². The van der Waals surface area contributed by atoms with Crippen LogP contribution in [0.4, 0.5) is 8.78 Å². The zero-order chi connectivity index (χ0) is 14.9. The second kappa shape index (κ2) is 5.16. The summed E-state index contributed by atoms with van der Waals surface area (Å²) in [5.41, 5.74) is 6.16. The lowest BCUT2D eigenvalue weighted by atomic mass is 10.2. The van der Waals surface area contributed by atoms with E-state index >= 15 is 0 Å². The number of ether oxygens (including phenoxy) is 1. The first-order chi connectivity index (χ1) is 9.43. The highest BCUT2D eigenvalue weighted by atomic mass is 19.1. The molecule has 1 aromatic heterocycles. The predicted molar refractivity (Wildman–Crippen MR) is 66.9 cm³/mol. The third-order valence-corrected chi connectivity index (χ3v) is 2.63. The first-order valence-corrected chi connectivity index (χ1v) is 5.58. The molecule has 0 spiro atoms. The minimum atomic E-state index is -0.740.